The molecule has 0 saturated heterocycles. The molecule has 0 radical (unpaired) electrons. The van der Waals surface area contributed by atoms with E-state index in [1.165, 1.54) is 20.6 Å². The van der Waals surface area contributed by atoms with E-state index in [4.69, 9.17) is 21.1 Å². The van der Waals surface area contributed by atoms with Crippen LogP contribution in [0.25, 0.3) is 0 Å². The van der Waals surface area contributed by atoms with Crippen LogP contribution >= 0.6 is 11.6 Å². The Bertz CT molecular complexity index is 791. The smallest absolute Gasteiger partial charge is 0.251 e. The van der Waals surface area contributed by atoms with Gasteiger partial charge in [0.05, 0.1) is 19.2 Å². The minimum atomic E-state index is -0.219. The number of rotatable bonds is 6. The van der Waals surface area contributed by atoms with E-state index in [9.17, 15) is 4.79 Å². The molecule has 0 atom stereocenters. The summed E-state index contributed by atoms with van der Waals surface area (Å²) < 4.78 is 12.6. The van der Waals surface area contributed by atoms with Crippen LogP contribution < -0.4 is 14.8 Å². The fourth-order valence-corrected chi connectivity index (χ4v) is 3.46. The normalized spacial score (nSPS) is 13.7. The highest BCUT2D eigenvalue weighted by molar-refractivity contribution is 6.32. The first-order valence-electron chi connectivity index (χ1n) is 8.74. The van der Waals surface area contributed by atoms with E-state index in [1.54, 1.807) is 12.1 Å². The molecule has 1 aromatic carbocycles. The van der Waals surface area contributed by atoms with Gasteiger partial charge in [-0.3, -0.25) is 4.79 Å². The topological polar surface area (TPSA) is 78.3 Å². The maximum Gasteiger partial charge on any atom is 0.251 e. The Hall–Kier alpha value is -2.28. The van der Waals surface area contributed by atoms with Crippen molar-refractivity contribution in [3.8, 4) is 11.5 Å². The van der Waals surface area contributed by atoms with Crippen molar-refractivity contribution >= 4 is 17.5 Å². The minimum Gasteiger partial charge on any atom is -0.493 e. The molecular formula is C18H23ClN4O3. The zero-order valence-electron chi connectivity index (χ0n) is 15.0. The molecule has 1 amide bonds. The number of aromatic nitrogens is 3. The number of nitrogens with zero attached hydrogens (tertiary/aromatic N) is 3. The molecule has 1 aromatic heterocycles. The molecule has 0 aliphatic carbocycles. The van der Waals surface area contributed by atoms with Crippen molar-refractivity contribution in [2.45, 2.75) is 38.6 Å². The molecule has 0 bridgehead atoms. The fourth-order valence-electron chi connectivity index (χ4n) is 3.17. The second-order valence-electron chi connectivity index (χ2n) is 6.19. The number of ether oxygens (including phenoxy) is 2. The second-order valence-corrected chi connectivity index (χ2v) is 6.60. The van der Waals surface area contributed by atoms with Crippen LogP contribution in [0.1, 0.15) is 41.3 Å². The van der Waals surface area contributed by atoms with Gasteiger partial charge in [-0.2, -0.15) is 0 Å². The van der Waals surface area contributed by atoms with Gasteiger partial charge in [0.15, 0.2) is 11.5 Å². The Labute approximate surface area is 157 Å². The van der Waals surface area contributed by atoms with Gasteiger partial charge in [-0.05, 0) is 25.0 Å². The number of nitrogens with one attached hydrogen (secondary N) is 1. The minimum absolute atomic E-state index is 0.219. The highest BCUT2D eigenvalue weighted by Crippen LogP contribution is 2.35. The Morgan fingerprint density at radius 2 is 2.08 bits per heavy atom. The number of benzene rings is 1. The predicted molar refractivity (Wildman–Crippen MR) is 98.2 cm³/mol. The number of hydrogen-bond donors (Lipinski definition) is 1. The highest BCUT2D eigenvalue weighted by atomic mass is 35.5. The van der Waals surface area contributed by atoms with E-state index in [-0.39, 0.29) is 5.91 Å². The first kappa shape index (κ1) is 18.5. The molecule has 1 aliphatic heterocycles. The van der Waals surface area contributed by atoms with E-state index < -0.39 is 0 Å². The Morgan fingerprint density at radius 3 is 2.85 bits per heavy atom. The molecule has 8 heteroatoms. The Balaban J connectivity index is 1.63. The van der Waals surface area contributed by atoms with Crippen LogP contribution in [0.3, 0.4) is 0 Å². The lowest BCUT2D eigenvalue weighted by atomic mass is 10.2. The van der Waals surface area contributed by atoms with Crippen LogP contribution in [0.5, 0.6) is 11.5 Å². The predicted octanol–water partition coefficient (Wildman–Crippen LogP) is 2.65. The van der Waals surface area contributed by atoms with Crippen molar-refractivity contribution in [3.63, 3.8) is 0 Å². The molecule has 0 saturated carbocycles. The van der Waals surface area contributed by atoms with E-state index in [0.29, 0.717) is 35.1 Å². The van der Waals surface area contributed by atoms with Crippen LogP contribution in [-0.2, 0) is 19.4 Å². The number of hydrogen-bond acceptors (Lipinski definition) is 5. The van der Waals surface area contributed by atoms with Gasteiger partial charge in [0.25, 0.3) is 5.91 Å². The number of methoxy groups -OCH3 is 2. The maximum atomic E-state index is 12.4. The number of halogens is 1. The monoisotopic (exact) mass is 378 g/mol. The van der Waals surface area contributed by atoms with Gasteiger partial charge in [-0.15, -0.1) is 10.2 Å². The molecule has 2 heterocycles. The summed E-state index contributed by atoms with van der Waals surface area (Å²) in [7, 11) is 3.01. The second kappa shape index (κ2) is 8.40. The molecule has 7 nitrogen and oxygen atoms in total. The fraction of sp³-hybridized carbons (Fsp3) is 0.500. The van der Waals surface area contributed by atoms with Gasteiger partial charge in [-0.1, -0.05) is 18.0 Å². The molecular weight excluding hydrogens is 356 g/mol. The summed E-state index contributed by atoms with van der Waals surface area (Å²) >= 11 is 6.16. The van der Waals surface area contributed by atoms with E-state index >= 15 is 0 Å². The van der Waals surface area contributed by atoms with E-state index in [0.717, 1.165) is 37.5 Å². The summed E-state index contributed by atoms with van der Waals surface area (Å²) in [4.78, 5) is 12.4. The summed E-state index contributed by atoms with van der Waals surface area (Å²) in [6, 6.07) is 3.19. The number of fused-ring (bicyclic) bond motifs is 1. The Kier molecular flexibility index (Phi) is 5.98. The van der Waals surface area contributed by atoms with E-state index in [2.05, 4.69) is 20.1 Å². The lowest BCUT2D eigenvalue weighted by molar-refractivity contribution is 0.0953. The lowest BCUT2D eigenvalue weighted by Gasteiger charge is -2.12. The third-order valence-electron chi connectivity index (χ3n) is 4.52. The molecule has 26 heavy (non-hydrogen) atoms. The van der Waals surface area contributed by atoms with Crippen molar-refractivity contribution in [1.29, 1.82) is 0 Å². The number of carbonyl (C=O) groups excluding carboxylic acids is 1. The van der Waals surface area contributed by atoms with Crippen LogP contribution in [0, 0.1) is 0 Å². The van der Waals surface area contributed by atoms with Gasteiger partial charge >= 0.3 is 0 Å². The van der Waals surface area contributed by atoms with Gasteiger partial charge in [0.1, 0.15) is 11.6 Å². The maximum absolute atomic E-state index is 12.4. The summed E-state index contributed by atoms with van der Waals surface area (Å²) in [6.07, 6.45) is 5.15. The molecule has 140 valence electrons. The van der Waals surface area contributed by atoms with Crippen molar-refractivity contribution in [2.24, 2.45) is 0 Å². The van der Waals surface area contributed by atoms with Crippen molar-refractivity contribution in [1.82, 2.24) is 20.1 Å². The Morgan fingerprint density at radius 1 is 1.23 bits per heavy atom. The summed E-state index contributed by atoms with van der Waals surface area (Å²) in [5.41, 5.74) is 0.424. The molecule has 1 N–H and O–H groups in total. The summed E-state index contributed by atoms with van der Waals surface area (Å²) in [6.45, 7) is 1.43. The molecule has 0 unspecified atom stereocenters. The van der Waals surface area contributed by atoms with E-state index in [1.807, 2.05) is 0 Å². The van der Waals surface area contributed by atoms with Crippen molar-refractivity contribution < 1.29 is 14.3 Å². The highest BCUT2D eigenvalue weighted by Gasteiger charge is 2.17. The largest absolute Gasteiger partial charge is 0.493 e. The standard InChI is InChI=1S/C18H23ClN4O3/c1-25-14-11-12(10-13(19)17(14)26-2)18(24)20-8-7-16-22-21-15-6-4-3-5-9-23(15)16/h10-11H,3-9H2,1-2H3,(H,20,24). The van der Waals surface area contributed by atoms with Gasteiger partial charge in [0, 0.05) is 31.5 Å². The van der Waals surface area contributed by atoms with Crippen LogP contribution in [-0.4, -0.2) is 41.4 Å². The third kappa shape index (κ3) is 3.93. The lowest BCUT2D eigenvalue weighted by Crippen LogP contribution is -2.26. The van der Waals surface area contributed by atoms with Gasteiger partial charge < -0.3 is 19.4 Å². The third-order valence-corrected chi connectivity index (χ3v) is 4.80. The SMILES string of the molecule is COc1cc(C(=O)NCCc2nnc3n2CCCCC3)cc(Cl)c1OC. The summed E-state index contributed by atoms with van der Waals surface area (Å²) in [5, 5.41) is 11.8. The zero-order valence-corrected chi connectivity index (χ0v) is 15.8. The first-order chi connectivity index (χ1) is 12.6. The molecule has 3 rings (SSSR count). The molecule has 0 spiro atoms. The quantitative estimate of drug-likeness (QED) is 0.836. The zero-order chi connectivity index (χ0) is 18.5. The van der Waals surface area contributed by atoms with Crippen molar-refractivity contribution in [3.05, 3.63) is 34.4 Å². The number of amides is 1. The molecule has 1 aliphatic rings. The molecule has 0 fully saturated rings. The van der Waals surface area contributed by atoms with Crippen LogP contribution in [0.2, 0.25) is 5.02 Å². The van der Waals surface area contributed by atoms with Gasteiger partial charge in [0.2, 0.25) is 0 Å². The molecule has 2 aromatic rings. The van der Waals surface area contributed by atoms with Crippen LogP contribution in [0.15, 0.2) is 12.1 Å². The van der Waals surface area contributed by atoms with Gasteiger partial charge in [-0.25, -0.2) is 0 Å². The number of carbonyl (C=O) groups is 1. The first-order valence-corrected chi connectivity index (χ1v) is 9.12. The average molecular weight is 379 g/mol. The van der Waals surface area contributed by atoms with Crippen molar-refractivity contribution in [2.75, 3.05) is 20.8 Å². The van der Waals surface area contributed by atoms with Crippen LogP contribution in [0.4, 0.5) is 0 Å². The summed E-state index contributed by atoms with van der Waals surface area (Å²) in [5.74, 6) is 2.59. The number of aryl methyl sites for hydroxylation is 1. The average Bonchev–Trinajstić information content (AvgIpc) is 2.87.